The first-order valence-corrected chi connectivity index (χ1v) is 9.39. The number of rotatable bonds is 5. The van der Waals surface area contributed by atoms with Crippen LogP contribution in [0.15, 0.2) is 46.1 Å². The zero-order valence-corrected chi connectivity index (χ0v) is 16.8. The number of aromatic nitrogens is 1. The second-order valence-corrected chi connectivity index (χ2v) is 7.25. The van der Waals surface area contributed by atoms with Gasteiger partial charge in [-0.25, -0.2) is 0 Å². The molecular weight excluding hydrogens is 360 g/mol. The maximum Gasteiger partial charge on any atom is 0.146 e. The number of hydrogen-bond donors (Lipinski definition) is 1. The number of benzene rings is 2. The van der Waals surface area contributed by atoms with Gasteiger partial charge in [-0.1, -0.05) is 58.7 Å². The molecule has 1 aromatic heterocycles. The van der Waals surface area contributed by atoms with Crippen LogP contribution in [-0.4, -0.2) is 16.1 Å². The summed E-state index contributed by atoms with van der Waals surface area (Å²) in [6.07, 6.45) is 1.60. The van der Waals surface area contributed by atoms with E-state index in [4.69, 9.17) is 16.1 Å². The van der Waals surface area contributed by atoms with Crippen LogP contribution in [0.2, 0.25) is 5.02 Å². The van der Waals surface area contributed by atoms with Crippen molar-refractivity contribution in [3.63, 3.8) is 0 Å². The Hall–Kier alpha value is -2.59. The fourth-order valence-corrected chi connectivity index (χ4v) is 3.68. The molecule has 0 saturated carbocycles. The van der Waals surface area contributed by atoms with Crippen LogP contribution >= 0.6 is 11.6 Å². The van der Waals surface area contributed by atoms with E-state index in [9.17, 15) is 5.21 Å². The Labute approximate surface area is 164 Å². The van der Waals surface area contributed by atoms with Crippen LogP contribution in [0.4, 0.5) is 0 Å². The largest absolute Gasteiger partial charge is 0.410 e. The van der Waals surface area contributed by atoms with E-state index in [1.165, 1.54) is 5.56 Å². The molecule has 0 radical (unpaired) electrons. The molecule has 0 bridgehead atoms. The summed E-state index contributed by atoms with van der Waals surface area (Å²) >= 11 is 6.03. The first-order valence-electron chi connectivity index (χ1n) is 9.01. The second-order valence-electron chi connectivity index (χ2n) is 6.81. The van der Waals surface area contributed by atoms with Gasteiger partial charge in [-0.05, 0) is 50.5 Å². The van der Waals surface area contributed by atoms with E-state index in [2.05, 4.69) is 36.3 Å². The summed E-state index contributed by atoms with van der Waals surface area (Å²) in [6.45, 7) is 8.18. The summed E-state index contributed by atoms with van der Waals surface area (Å²) in [4.78, 5) is 0. The molecule has 5 heteroatoms. The van der Waals surface area contributed by atoms with Crippen LogP contribution in [0, 0.1) is 20.8 Å². The molecule has 140 valence electrons. The lowest BCUT2D eigenvalue weighted by atomic mass is 9.90. The van der Waals surface area contributed by atoms with E-state index in [-0.39, 0.29) is 0 Å². The van der Waals surface area contributed by atoms with Crippen LogP contribution in [0.5, 0.6) is 0 Å². The van der Waals surface area contributed by atoms with Crippen molar-refractivity contribution in [1.29, 1.82) is 0 Å². The third kappa shape index (κ3) is 3.76. The third-order valence-corrected chi connectivity index (χ3v) is 4.86. The predicted molar refractivity (Wildman–Crippen MR) is 109 cm³/mol. The highest BCUT2D eigenvalue weighted by Crippen LogP contribution is 2.32. The summed E-state index contributed by atoms with van der Waals surface area (Å²) in [6, 6.07) is 11.6. The van der Waals surface area contributed by atoms with Crippen LogP contribution in [-0.2, 0) is 6.42 Å². The zero-order valence-electron chi connectivity index (χ0n) is 16.0. The van der Waals surface area contributed by atoms with Crippen molar-refractivity contribution in [3.05, 3.63) is 75.0 Å². The molecule has 3 rings (SSSR count). The number of nitrogens with zero attached hydrogens (tertiary/aromatic N) is 2. The molecule has 27 heavy (non-hydrogen) atoms. The first-order chi connectivity index (χ1) is 13.0. The van der Waals surface area contributed by atoms with Gasteiger partial charge in [0.25, 0.3) is 0 Å². The van der Waals surface area contributed by atoms with Gasteiger partial charge in [0.1, 0.15) is 17.2 Å². The predicted octanol–water partition coefficient (Wildman–Crippen LogP) is 6.10. The molecule has 0 aliphatic rings. The molecule has 0 amide bonds. The van der Waals surface area contributed by atoms with Gasteiger partial charge in [-0.3, -0.25) is 0 Å². The lowest BCUT2D eigenvalue weighted by molar-refractivity contribution is 0.319. The van der Waals surface area contributed by atoms with Gasteiger partial charge in [0.05, 0.1) is 5.56 Å². The Morgan fingerprint density at radius 3 is 2.26 bits per heavy atom. The minimum Gasteiger partial charge on any atom is -0.410 e. The number of oxime groups is 1. The molecule has 0 fully saturated rings. The summed E-state index contributed by atoms with van der Waals surface area (Å²) in [5.41, 5.74) is 6.90. The highest BCUT2D eigenvalue weighted by atomic mass is 35.5. The van der Waals surface area contributed by atoms with Crippen molar-refractivity contribution in [1.82, 2.24) is 5.16 Å². The molecular formula is C22H23ClN2O2. The van der Waals surface area contributed by atoms with Gasteiger partial charge in [0.2, 0.25) is 0 Å². The highest BCUT2D eigenvalue weighted by molar-refractivity contribution is 6.30. The van der Waals surface area contributed by atoms with E-state index < -0.39 is 0 Å². The molecule has 2 aromatic carbocycles. The zero-order chi connectivity index (χ0) is 19.6. The lowest BCUT2D eigenvalue weighted by Crippen LogP contribution is -2.11. The Balaban J connectivity index is 2.25. The minimum atomic E-state index is 0.486. The average molecular weight is 383 g/mol. The van der Waals surface area contributed by atoms with Crippen LogP contribution in [0.3, 0.4) is 0 Å². The fourth-order valence-electron chi connectivity index (χ4n) is 3.55. The maximum atomic E-state index is 9.97. The van der Waals surface area contributed by atoms with E-state index in [1.54, 1.807) is 0 Å². The molecule has 0 spiro atoms. The van der Waals surface area contributed by atoms with Crippen molar-refractivity contribution in [3.8, 4) is 11.3 Å². The van der Waals surface area contributed by atoms with E-state index in [1.807, 2.05) is 38.1 Å². The van der Waals surface area contributed by atoms with Crippen LogP contribution in [0.1, 0.15) is 46.9 Å². The molecule has 1 N–H and O–H groups in total. The van der Waals surface area contributed by atoms with Crippen molar-refractivity contribution < 1.29 is 9.73 Å². The quantitative estimate of drug-likeness (QED) is 0.329. The molecule has 0 unspecified atom stereocenters. The number of aryl methyl sites for hydroxylation is 4. The third-order valence-electron chi connectivity index (χ3n) is 4.61. The molecule has 0 saturated heterocycles. The van der Waals surface area contributed by atoms with Gasteiger partial charge < -0.3 is 9.73 Å². The van der Waals surface area contributed by atoms with Crippen molar-refractivity contribution >= 4 is 17.3 Å². The summed E-state index contributed by atoms with van der Waals surface area (Å²) in [5, 5.41) is 18.6. The molecule has 0 aliphatic heterocycles. The Morgan fingerprint density at radius 2 is 1.70 bits per heavy atom. The van der Waals surface area contributed by atoms with E-state index >= 15 is 0 Å². The Morgan fingerprint density at radius 1 is 1.07 bits per heavy atom. The van der Waals surface area contributed by atoms with Crippen LogP contribution in [0.25, 0.3) is 11.3 Å². The second kappa shape index (κ2) is 7.97. The minimum absolute atomic E-state index is 0.486. The molecule has 1 heterocycles. The monoisotopic (exact) mass is 382 g/mol. The van der Waals surface area contributed by atoms with Crippen molar-refractivity contribution in [2.45, 2.75) is 40.5 Å². The van der Waals surface area contributed by atoms with E-state index in [0.717, 1.165) is 40.0 Å². The maximum absolute atomic E-state index is 9.97. The fraction of sp³-hybridized carbons (Fsp3) is 0.273. The Kier molecular flexibility index (Phi) is 5.66. The highest BCUT2D eigenvalue weighted by Gasteiger charge is 2.25. The summed E-state index contributed by atoms with van der Waals surface area (Å²) < 4.78 is 5.65. The SMILES string of the molecule is CCCc1onc(-c2ccc(Cl)cc2)c1/C(=N/O)c1c(C)cc(C)cc1C. The molecule has 0 atom stereocenters. The van der Waals surface area contributed by atoms with Crippen molar-refractivity contribution in [2.24, 2.45) is 5.16 Å². The molecule has 4 nitrogen and oxygen atoms in total. The first kappa shape index (κ1) is 19.2. The van der Waals surface area contributed by atoms with E-state index in [0.29, 0.717) is 22.8 Å². The van der Waals surface area contributed by atoms with Gasteiger partial charge >= 0.3 is 0 Å². The van der Waals surface area contributed by atoms with Gasteiger partial charge in [0, 0.05) is 22.6 Å². The molecule has 0 aliphatic carbocycles. The topological polar surface area (TPSA) is 58.6 Å². The van der Waals surface area contributed by atoms with Crippen molar-refractivity contribution in [2.75, 3.05) is 0 Å². The van der Waals surface area contributed by atoms with Gasteiger partial charge in [0.15, 0.2) is 0 Å². The molecule has 3 aromatic rings. The standard InChI is InChI=1S/C22H23ClN2O2/c1-5-6-18-20(21(25-27-18)16-7-9-17(23)10-8-16)22(24-26)19-14(3)11-13(2)12-15(19)4/h7-12,26H,5-6H2,1-4H3/b24-22+. The number of hydrogen-bond acceptors (Lipinski definition) is 4. The summed E-state index contributed by atoms with van der Waals surface area (Å²) in [7, 11) is 0. The van der Waals surface area contributed by atoms with Gasteiger partial charge in [-0.2, -0.15) is 0 Å². The lowest BCUT2D eigenvalue weighted by Gasteiger charge is -2.14. The van der Waals surface area contributed by atoms with Gasteiger partial charge in [-0.15, -0.1) is 0 Å². The summed E-state index contributed by atoms with van der Waals surface area (Å²) in [5.74, 6) is 0.717. The smallest absolute Gasteiger partial charge is 0.146 e. The normalized spacial score (nSPS) is 11.8. The number of halogens is 1. The average Bonchev–Trinajstić information content (AvgIpc) is 3.02. The Bertz CT molecular complexity index is 965. The van der Waals surface area contributed by atoms with Crippen LogP contribution < -0.4 is 0 Å².